The van der Waals surface area contributed by atoms with Gasteiger partial charge in [-0.25, -0.2) is 9.48 Å². The van der Waals surface area contributed by atoms with E-state index in [0.717, 1.165) is 11.1 Å². The fraction of sp³-hybridized carbons (Fsp3) is 0.0952. The number of hydrogen-bond acceptors (Lipinski definition) is 3. The van der Waals surface area contributed by atoms with Crippen LogP contribution in [-0.4, -0.2) is 20.1 Å². The van der Waals surface area contributed by atoms with E-state index in [0.29, 0.717) is 23.4 Å². The van der Waals surface area contributed by atoms with Crippen LogP contribution in [0.1, 0.15) is 21.5 Å². The maximum Gasteiger partial charge on any atom is 0.350 e. The van der Waals surface area contributed by atoms with Gasteiger partial charge in [0.2, 0.25) is 0 Å². The fourth-order valence-electron chi connectivity index (χ4n) is 2.98. The van der Waals surface area contributed by atoms with E-state index in [1.54, 1.807) is 24.4 Å². The summed E-state index contributed by atoms with van der Waals surface area (Å²) in [4.78, 5) is 24.8. The zero-order valence-electron chi connectivity index (χ0n) is 14.8. The van der Waals surface area contributed by atoms with Gasteiger partial charge in [0.1, 0.15) is 0 Å². The van der Waals surface area contributed by atoms with Crippen LogP contribution in [0.15, 0.2) is 77.7 Å². The second-order valence-corrected chi connectivity index (χ2v) is 6.39. The summed E-state index contributed by atoms with van der Waals surface area (Å²) in [6.45, 7) is 2.28. The molecule has 0 aliphatic carbocycles. The number of pyridine rings is 1. The molecule has 2 heterocycles. The van der Waals surface area contributed by atoms with E-state index in [4.69, 9.17) is 0 Å². The van der Waals surface area contributed by atoms with Crippen molar-refractivity contribution in [3.05, 3.63) is 100 Å². The van der Waals surface area contributed by atoms with Crippen LogP contribution >= 0.6 is 0 Å². The highest BCUT2D eigenvalue weighted by atomic mass is 16.2. The van der Waals surface area contributed by atoms with Crippen molar-refractivity contribution in [2.45, 2.75) is 13.5 Å². The maximum absolute atomic E-state index is 12.4. The van der Waals surface area contributed by atoms with Crippen molar-refractivity contribution in [2.75, 3.05) is 5.32 Å². The lowest BCUT2D eigenvalue weighted by Gasteiger charge is -2.08. The molecule has 1 N–H and O–H groups in total. The Kier molecular flexibility index (Phi) is 4.30. The number of nitrogens with zero attached hydrogens (tertiary/aromatic N) is 3. The molecule has 0 unspecified atom stereocenters. The number of anilines is 1. The molecule has 1 amide bonds. The minimum atomic E-state index is -0.195. The highest BCUT2D eigenvalue weighted by molar-refractivity contribution is 6.04. The molecule has 2 aromatic heterocycles. The SMILES string of the molecule is Cc1cccc(C(=O)Nc2cccc(Cn3nc4ccccn4c3=O)c2)c1. The van der Waals surface area contributed by atoms with Gasteiger partial charge in [-0.1, -0.05) is 35.9 Å². The number of amides is 1. The zero-order chi connectivity index (χ0) is 18.8. The molecule has 27 heavy (non-hydrogen) atoms. The molecule has 4 aromatic rings. The molecule has 0 fully saturated rings. The van der Waals surface area contributed by atoms with Crippen LogP contribution in [-0.2, 0) is 6.54 Å². The predicted octanol–water partition coefficient (Wildman–Crippen LogP) is 3.11. The summed E-state index contributed by atoms with van der Waals surface area (Å²) in [5, 5.41) is 7.24. The fourth-order valence-corrected chi connectivity index (χ4v) is 2.98. The molecule has 0 aliphatic heterocycles. The van der Waals surface area contributed by atoms with Crippen LogP contribution in [0.2, 0.25) is 0 Å². The van der Waals surface area contributed by atoms with E-state index in [-0.39, 0.29) is 11.6 Å². The van der Waals surface area contributed by atoms with E-state index >= 15 is 0 Å². The normalized spacial score (nSPS) is 10.9. The number of aryl methyl sites for hydroxylation is 1. The summed E-state index contributed by atoms with van der Waals surface area (Å²) in [5.41, 5.74) is 3.60. The summed E-state index contributed by atoms with van der Waals surface area (Å²) < 4.78 is 2.92. The van der Waals surface area contributed by atoms with Gasteiger partial charge in [0.05, 0.1) is 6.54 Å². The van der Waals surface area contributed by atoms with Crippen molar-refractivity contribution in [2.24, 2.45) is 0 Å². The Morgan fingerprint density at radius 3 is 2.70 bits per heavy atom. The van der Waals surface area contributed by atoms with E-state index in [2.05, 4.69) is 10.4 Å². The van der Waals surface area contributed by atoms with Crippen LogP contribution in [0.4, 0.5) is 5.69 Å². The molecule has 134 valence electrons. The Morgan fingerprint density at radius 1 is 1.04 bits per heavy atom. The van der Waals surface area contributed by atoms with E-state index in [1.807, 2.05) is 55.5 Å². The first kappa shape index (κ1) is 16.8. The number of nitrogens with one attached hydrogen (secondary N) is 1. The Bertz CT molecular complexity index is 1190. The van der Waals surface area contributed by atoms with Crippen LogP contribution < -0.4 is 11.0 Å². The predicted molar refractivity (Wildman–Crippen MR) is 104 cm³/mol. The molecule has 4 rings (SSSR count). The molecule has 6 heteroatoms. The van der Waals surface area contributed by atoms with Crippen LogP contribution in [0, 0.1) is 6.92 Å². The van der Waals surface area contributed by atoms with Crippen molar-refractivity contribution in [3.8, 4) is 0 Å². The number of fused-ring (bicyclic) bond motifs is 1. The van der Waals surface area contributed by atoms with Gasteiger partial charge in [-0.15, -0.1) is 5.10 Å². The van der Waals surface area contributed by atoms with Gasteiger partial charge in [0, 0.05) is 17.4 Å². The molecule has 0 aliphatic rings. The van der Waals surface area contributed by atoms with Crippen molar-refractivity contribution < 1.29 is 4.79 Å². The molecule has 0 saturated carbocycles. The number of rotatable bonds is 4. The van der Waals surface area contributed by atoms with Gasteiger partial charge in [0.25, 0.3) is 5.91 Å². The number of aromatic nitrogens is 3. The van der Waals surface area contributed by atoms with Crippen LogP contribution in [0.3, 0.4) is 0 Å². The van der Waals surface area contributed by atoms with E-state index in [1.165, 1.54) is 9.08 Å². The van der Waals surface area contributed by atoms with Gasteiger partial charge < -0.3 is 5.32 Å². The van der Waals surface area contributed by atoms with Gasteiger partial charge in [0.15, 0.2) is 5.65 Å². The number of benzene rings is 2. The third-order valence-corrected chi connectivity index (χ3v) is 4.29. The lowest BCUT2D eigenvalue weighted by Crippen LogP contribution is -2.21. The summed E-state index contributed by atoms with van der Waals surface area (Å²) in [5.74, 6) is -0.166. The second-order valence-electron chi connectivity index (χ2n) is 6.39. The monoisotopic (exact) mass is 358 g/mol. The average molecular weight is 358 g/mol. The van der Waals surface area contributed by atoms with Gasteiger partial charge in [-0.2, -0.15) is 0 Å². The van der Waals surface area contributed by atoms with Gasteiger partial charge in [-0.3, -0.25) is 9.20 Å². The first-order valence-electron chi connectivity index (χ1n) is 8.61. The maximum atomic E-state index is 12.4. The Morgan fingerprint density at radius 2 is 1.89 bits per heavy atom. The number of hydrogen-bond donors (Lipinski definition) is 1. The third kappa shape index (κ3) is 3.50. The van der Waals surface area contributed by atoms with Crippen LogP contribution in [0.5, 0.6) is 0 Å². The standard InChI is InChI=1S/C21H18N4O2/c1-15-6-4-8-17(12-15)20(26)22-18-9-5-7-16(13-18)14-25-21(27)24-11-3-2-10-19(24)23-25/h2-13H,14H2,1H3,(H,22,26). The lowest BCUT2D eigenvalue weighted by molar-refractivity contribution is 0.102. The van der Waals surface area contributed by atoms with Crippen molar-refractivity contribution in [3.63, 3.8) is 0 Å². The Hall–Kier alpha value is -3.67. The van der Waals surface area contributed by atoms with E-state index < -0.39 is 0 Å². The van der Waals surface area contributed by atoms with Crippen molar-refractivity contribution >= 4 is 17.2 Å². The minimum Gasteiger partial charge on any atom is -0.322 e. The molecule has 0 spiro atoms. The largest absolute Gasteiger partial charge is 0.350 e. The highest BCUT2D eigenvalue weighted by Gasteiger charge is 2.09. The highest BCUT2D eigenvalue weighted by Crippen LogP contribution is 2.14. The van der Waals surface area contributed by atoms with Crippen molar-refractivity contribution in [1.29, 1.82) is 0 Å². The number of carbonyl (C=O) groups is 1. The molecule has 0 atom stereocenters. The summed E-state index contributed by atoms with van der Waals surface area (Å²) in [7, 11) is 0. The number of carbonyl (C=O) groups excluding carboxylic acids is 1. The molecule has 0 radical (unpaired) electrons. The Balaban J connectivity index is 1.56. The second kappa shape index (κ2) is 6.92. The Labute approximate surface area is 155 Å². The minimum absolute atomic E-state index is 0.166. The van der Waals surface area contributed by atoms with Gasteiger partial charge >= 0.3 is 5.69 Å². The summed E-state index contributed by atoms with van der Waals surface area (Å²) in [6.07, 6.45) is 1.69. The third-order valence-electron chi connectivity index (χ3n) is 4.29. The molecule has 2 aromatic carbocycles. The first-order valence-corrected chi connectivity index (χ1v) is 8.61. The molecule has 6 nitrogen and oxygen atoms in total. The zero-order valence-corrected chi connectivity index (χ0v) is 14.8. The van der Waals surface area contributed by atoms with Crippen LogP contribution in [0.25, 0.3) is 5.65 Å². The topological polar surface area (TPSA) is 68.4 Å². The van der Waals surface area contributed by atoms with Gasteiger partial charge in [-0.05, 0) is 48.9 Å². The molecular weight excluding hydrogens is 340 g/mol. The quantitative estimate of drug-likeness (QED) is 0.609. The smallest absolute Gasteiger partial charge is 0.322 e. The van der Waals surface area contributed by atoms with Crippen molar-refractivity contribution in [1.82, 2.24) is 14.2 Å². The van der Waals surface area contributed by atoms with E-state index in [9.17, 15) is 9.59 Å². The molecular formula is C21H18N4O2. The summed E-state index contributed by atoms with van der Waals surface area (Å²) >= 11 is 0. The molecule has 0 saturated heterocycles. The average Bonchev–Trinajstić information content (AvgIpc) is 2.98. The first-order chi connectivity index (χ1) is 13.1. The summed E-state index contributed by atoms with van der Waals surface area (Å²) in [6, 6.07) is 20.3. The molecule has 0 bridgehead atoms. The lowest BCUT2D eigenvalue weighted by atomic mass is 10.1.